The van der Waals surface area contributed by atoms with E-state index in [0.717, 1.165) is 6.42 Å². The Morgan fingerprint density at radius 2 is 1.37 bits per heavy atom. The van der Waals surface area contributed by atoms with E-state index < -0.39 is 0 Å². The summed E-state index contributed by atoms with van der Waals surface area (Å²) in [6.07, 6.45) is 22.3. The van der Waals surface area contributed by atoms with Gasteiger partial charge in [-0.3, -0.25) is 0 Å². The fraction of sp³-hybridized carbons (Fsp3) is 0.296. The molecule has 1 unspecified atom stereocenters. The van der Waals surface area contributed by atoms with E-state index in [4.69, 9.17) is 0 Å². The molecule has 0 amide bonds. The maximum atomic E-state index is 3.13. The third-order valence-corrected chi connectivity index (χ3v) is 3.66. The van der Waals surface area contributed by atoms with Crippen LogP contribution >= 0.6 is 0 Å². The summed E-state index contributed by atoms with van der Waals surface area (Å²) in [5.41, 5.74) is 7.06. The zero-order valence-corrected chi connectivity index (χ0v) is 17.9. The molecule has 27 heavy (non-hydrogen) atoms. The molecule has 0 heterocycles. The summed E-state index contributed by atoms with van der Waals surface area (Å²) in [7, 11) is 0. The highest BCUT2D eigenvalue weighted by Gasteiger charge is 2.18. The van der Waals surface area contributed by atoms with E-state index in [0.29, 0.717) is 0 Å². The SMILES string of the molecule is C1=CC=CC(C(C2=CC=CCC=C2)c2ccccc2)=CC=1.CC.CC.CC. The van der Waals surface area contributed by atoms with E-state index >= 15 is 0 Å². The first kappa shape index (κ1) is 24.4. The number of rotatable bonds is 3. The van der Waals surface area contributed by atoms with Crippen molar-refractivity contribution >= 4 is 0 Å². The summed E-state index contributed by atoms with van der Waals surface area (Å²) in [4.78, 5) is 0. The lowest BCUT2D eigenvalue weighted by Gasteiger charge is -2.20. The summed E-state index contributed by atoms with van der Waals surface area (Å²) in [6, 6.07) is 10.7. The van der Waals surface area contributed by atoms with Gasteiger partial charge in [-0.1, -0.05) is 120 Å². The molecule has 0 saturated carbocycles. The number of benzene rings is 1. The highest BCUT2D eigenvalue weighted by Crippen LogP contribution is 2.34. The van der Waals surface area contributed by atoms with Crippen molar-refractivity contribution in [3.8, 4) is 0 Å². The van der Waals surface area contributed by atoms with Crippen molar-refractivity contribution < 1.29 is 0 Å². The molecule has 144 valence electrons. The van der Waals surface area contributed by atoms with Gasteiger partial charge < -0.3 is 0 Å². The fourth-order valence-corrected chi connectivity index (χ4v) is 2.67. The van der Waals surface area contributed by atoms with Crippen molar-refractivity contribution in [1.82, 2.24) is 0 Å². The van der Waals surface area contributed by atoms with Crippen LogP contribution < -0.4 is 0 Å². The zero-order valence-electron chi connectivity index (χ0n) is 17.9. The van der Waals surface area contributed by atoms with Gasteiger partial charge >= 0.3 is 0 Å². The van der Waals surface area contributed by atoms with Crippen molar-refractivity contribution in [1.29, 1.82) is 0 Å². The second-order valence-electron chi connectivity index (χ2n) is 5.10. The molecule has 0 aromatic heterocycles. The van der Waals surface area contributed by atoms with Gasteiger partial charge in [0.2, 0.25) is 0 Å². The van der Waals surface area contributed by atoms with Crippen LogP contribution in [0, 0.1) is 0 Å². The summed E-state index contributed by atoms with van der Waals surface area (Å²) >= 11 is 0. The topological polar surface area (TPSA) is 0 Å². The monoisotopic (exact) mass is 360 g/mol. The van der Waals surface area contributed by atoms with E-state index in [2.05, 4.69) is 84.7 Å². The van der Waals surface area contributed by atoms with Crippen molar-refractivity contribution in [2.75, 3.05) is 0 Å². The molecule has 3 rings (SSSR count). The number of hydrogen-bond donors (Lipinski definition) is 0. The largest absolute Gasteiger partial charge is 0.121 e. The summed E-state index contributed by atoms with van der Waals surface area (Å²) in [5.74, 6) is 0.256. The van der Waals surface area contributed by atoms with Gasteiger partial charge in [0.15, 0.2) is 0 Å². The third-order valence-electron chi connectivity index (χ3n) is 3.66. The van der Waals surface area contributed by atoms with Crippen molar-refractivity contribution in [2.24, 2.45) is 0 Å². The lowest BCUT2D eigenvalue weighted by molar-refractivity contribution is 0.977. The van der Waals surface area contributed by atoms with E-state index in [1.807, 2.05) is 53.7 Å². The first-order valence-electron chi connectivity index (χ1n) is 10.3. The van der Waals surface area contributed by atoms with Crippen LogP contribution in [0.2, 0.25) is 0 Å². The van der Waals surface area contributed by atoms with Crippen molar-refractivity contribution in [2.45, 2.75) is 53.9 Å². The van der Waals surface area contributed by atoms with Gasteiger partial charge in [-0.2, -0.15) is 0 Å². The molecule has 2 aliphatic rings. The molecule has 1 aromatic rings. The Kier molecular flexibility index (Phi) is 15.3. The molecule has 1 aromatic carbocycles. The van der Waals surface area contributed by atoms with Gasteiger partial charge in [0.1, 0.15) is 0 Å². The normalized spacial score (nSPS) is 14.6. The minimum absolute atomic E-state index is 0.256. The van der Waals surface area contributed by atoms with Crippen LogP contribution in [-0.4, -0.2) is 0 Å². The molecule has 0 fully saturated rings. The average molecular weight is 361 g/mol. The van der Waals surface area contributed by atoms with E-state index in [1.54, 1.807) is 0 Å². The molecule has 1 atom stereocenters. The van der Waals surface area contributed by atoms with Crippen LogP contribution in [0.4, 0.5) is 0 Å². The molecular weight excluding hydrogens is 324 g/mol. The molecule has 0 spiro atoms. The van der Waals surface area contributed by atoms with Gasteiger partial charge in [0.25, 0.3) is 0 Å². The predicted molar refractivity (Wildman–Crippen MR) is 124 cm³/mol. The summed E-state index contributed by atoms with van der Waals surface area (Å²) in [5, 5.41) is 0. The maximum Gasteiger partial charge on any atom is 0.0340 e. The Labute approximate surface area is 167 Å². The average Bonchev–Trinajstić information content (AvgIpc) is 3.20. The van der Waals surface area contributed by atoms with E-state index in [-0.39, 0.29) is 5.92 Å². The lowest BCUT2D eigenvalue weighted by Crippen LogP contribution is -2.04. The molecule has 0 bridgehead atoms. The number of hydrogen-bond acceptors (Lipinski definition) is 0. The van der Waals surface area contributed by atoms with Crippen LogP contribution in [0.5, 0.6) is 0 Å². The highest BCUT2D eigenvalue weighted by molar-refractivity contribution is 5.50. The van der Waals surface area contributed by atoms with E-state index in [1.165, 1.54) is 16.7 Å². The minimum Gasteiger partial charge on any atom is -0.121 e. The minimum atomic E-state index is 0.256. The summed E-state index contributed by atoms with van der Waals surface area (Å²) in [6.45, 7) is 12.0. The smallest absolute Gasteiger partial charge is 0.0340 e. The molecule has 0 nitrogen and oxygen atoms in total. The third kappa shape index (κ3) is 8.58. The van der Waals surface area contributed by atoms with Crippen LogP contribution in [0.3, 0.4) is 0 Å². The highest BCUT2D eigenvalue weighted by atomic mass is 14.2. The Morgan fingerprint density at radius 1 is 0.704 bits per heavy atom. The van der Waals surface area contributed by atoms with Crippen LogP contribution in [0.1, 0.15) is 59.4 Å². The van der Waals surface area contributed by atoms with Crippen molar-refractivity contribution in [3.05, 3.63) is 114 Å². The fourth-order valence-electron chi connectivity index (χ4n) is 2.67. The summed E-state index contributed by atoms with van der Waals surface area (Å²) < 4.78 is 0. The standard InChI is InChI=1S/C21H18.3C2H6/c1-2-7-13-18(12-6-1)21(20-16-10-5-11-17-20)19-14-8-3-4-9-15-19;3*1-2/h1,3,5-17,21H,2H2;3*1-2H3. The second-order valence-corrected chi connectivity index (χ2v) is 5.10. The number of allylic oxidation sites excluding steroid dienone is 11. The Hall–Kier alpha value is -2.56. The Bertz CT molecular complexity index is 698. The molecule has 0 aliphatic heterocycles. The first-order chi connectivity index (χ1) is 13.4. The van der Waals surface area contributed by atoms with E-state index in [9.17, 15) is 0 Å². The zero-order chi connectivity index (χ0) is 20.3. The van der Waals surface area contributed by atoms with Gasteiger partial charge in [-0.25, -0.2) is 0 Å². The Morgan fingerprint density at radius 3 is 2.07 bits per heavy atom. The first-order valence-corrected chi connectivity index (χ1v) is 10.3. The second kappa shape index (κ2) is 16.9. The molecule has 0 heteroatoms. The van der Waals surface area contributed by atoms with Crippen LogP contribution in [0.25, 0.3) is 0 Å². The quantitative estimate of drug-likeness (QED) is 0.474. The van der Waals surface area contributed by atoms with Gasteiger partial charge in [-0.05, 0) is 35.3 Å². The van der Waals surface area contributed by atoms with Gasteiger partial charge in [-0.15, -0.1) is 5.73 Å². The molecular formula is C27H36. The van der Waals surface area contributed by atoms with Crippen LogP contribution in [-0.2, 0) is 0 Å². The predicted octanol–water partition coefficient (Wildman–Crippen LogP) is 8.50. The maximum absolute atomic E-state index is 3.13. The Balaban J connectivity index is 0.00000103. The van der Waals surface area contributed by atoms with Crippen LogP contribution in [0.15, 0.2) is 108 Å². The van der Waals surface area contributed by atoms with Gasteiger partial charge in [0.05, 0.1) is 0 Å². The molecule has 0 radical (unpaired) electrons. The molecule has 0 saturated heterocycles. The van der Waals surface area contributed by atoms with Crippen molar-refractivity contribution in [3.63, 3.8) is 0 Å². The van der Waals surface area contributed by atoms with Gasteiger partial charge in [0, 0.05) is 5.92 Å². The lowest BCUT2D eigenvalue weighted by atomic mass is 9.83. The molecule has 2 aliphatic carbocycles. The molecule has 0 N–H and O–H groups in total.